The zero-order valence-electron chi connectivity index (χ0n) is 12.4. The second-order valence-electron chi connectivity index (χ2n) is 5.26. The highest BCUT2D eigenvalue weighted by atomic mass is 16.6. The summed E-state index contributed by atoms with van der Waals surface area (Å²) in [6.07, 6.45) is 7.36. The van der Waals surface area contributed by atoms with Gasteiger partial charge in [-0.15, -0.1) is 0 Å². The van der Waals surface area contributed by atoms with Crippen molar-refractivity contribution in [1.29, 1.82) is 0 Å². The monoisotopic (exact) mass is 278 g/mol. The zero-order chi connectivity index (χ0) is 14.4. The number of rotatable bonds is 8. The molecule has 0 saturated carbocycles. The Bertz CT molecular complexity index is 519. The Morgan fingerprint density at radius 3 is 2.80 bits per heavy atom. The van der Waals surface area contributed by atoms with Crippen LogP contribution < -0.4 is 4.74 Å². The smallest absolute Gasteiger partial charge is 0.417 e. The molecule has 0 saturated heterocycles. The minimum Gasteiger partial charge on any atom is -0.449 e. The number of aryl methyl sites for hydroxylation is 2. The van der Waals surface area contributed by atoms with Crippen LogP contribution in [-0.4, -0.2) is 26.5 Å². The normalized spacial score (nSPS) is 11.2. The second-order valence-corrected chi connectivity index (χ2v) is 5.26. The fourth-order valence-electron chi connectivity index (χ4n) is 1.81. The molecule has 0 fully saturated rings. The van der Waals surface area contributed by atoms with E-state index < -0.39 is 0 Å². The van der Waals surface area contributed by atoms with Crippen LogP contribution in [0.25, 0.3) is 0 Å². The van der Waals surface area contributed by atoms with Crippen molar-refractivity contribution >= 4 is 0 Å². The van der Waals surface area contributed by atoms with Crippen LogP contribution in [0.15, 0.2) is 16.9 Å². The van der Waals surface area contributed by atoms with Crippen LogP contribution >= 0.6 is 0 Å². The van der Waals surface area contributed by atoms with Crippen molar-refractivity contribution in [3.8, 4) is 6.08 Å². The van der Waals surface area contributed by atoms with Crippen molar-refractivity contribution in [2.45, 2.75) is 52.5 Å². The van der Waals surface area contributed by atoms with E-state index in [4.69, 9.17) is 9.26 Å². The summed E-state index contributed by atoms with van der Waals surface area (Å²) in [6.45, 7) is 7.65. The third-order valence-corrected chi connectivity index (χ3v) is 2.96. The molecule has 0 aliphatic heterocycles. The van der Waals surface area contributed by atoms with Crippen molar-refractivity contribution in [2.75, 3.05) is 6.61 Å². The topological polar surface area (TPSA) is 66.0 Å². The summed E-state index contributed by atoms with van der Waals surface area (Å²) in [7, 11) is 0. The molecular weight excluding hydrogens is 256 g/mol. The third-order valence-electron chi connectivity index (χ3n) is 2.96. The van der Waals surface area contributed by atoms with E-state index in [9.17, 15) is 0 Å². The molecule has 110 valence electrons. The SMILES string of the molecule is Cc1cnn(CCCCCOc2nc(C(C)C)no2)c1. The molecule has 0 bridgehead atoms. The maximum absolute atomic E-state index is 5.43. The molecule has 2 heterocycles. The van der Waals surface area contributed by atoms with E-state index in [1.807, 2.05) is 31.6 Å². The molecule has 0 spiro atoms. The summed E-state index contributed by atoms with van der Waals surface area (Å²) in [6, 6.07) is 0. The molecule has 2 aromatic rings. The van der Waals surface area contributed by atoms with Gasteiger partial charge in [0.05, 0.1) is 12.8 Å². The fourth-order valence-corrected chi connectivity index (χ4v) is 1.81. The van der Waals surface area contributed by atoms with E-state index in [-0.39, 0.29) is 12.0 Å². The van der Waals surface area contributed by atoms with E-state index in [2.05, 4.69) is 21.4 Å². The quantitative estimate of drug-likeness (QED) is 0.694. The Kier molecular flexibility index (Phi) is 5.15. The van der Waals surface area contributed by atoms with Crippen LogP contribution in [0.3, 0.4) is 0 Å². The average Bonchev–Trinajstić information content (AvgIpc) is 3.03. The predicted molar refractivity (Wildman–Crippen MR) is 74.7 cm³/mol. The molecule has 6 heteroatoms. The molecule has 6 nitrogen and oxygen atoms in total. The Hall–Kier alpha value is -1.85. The highest BCUT2D eigenvalue weighted by Gasteiger charge is 2.09. The van der Waals surface area contributed by atoms with Crippen molar-refractivity contribution in [2.24, 2.45) is 0 Å². The van der Waals surface area contributed by atoms with Crippen molar-refractivity contribution in [3.63, 3.8) is 0 Å². The molecule has 0 unspecified atom stereocenters. The van der Waals surface area contributed by atoms with Crippen LogP contribution in [0.5, 0.6) is 6.08 Å². The van der Waals surface area contributed by atoms with Gasteiger partial charge in [-0.1, -0.05) is 19.0 Å². The molecule has 0 aliphatic carbocycles. The van der Waals surface area contributed by atoms with Crippen molar-refractivity contribution < 1.29 is 9.26 Å². The van der Waals surface area contributed by atoms with Gasteiger partial charge in [-0.25, -0.2) is 0 Å². The number of hydrogen-bond donors (Lipinski definition) is 0. The average molecular weight is 278 g/mol. The van der Waals surface area contributed by atoms with Gasteiger partial charge in [-0.2, -0.15) is 10.1 Å². The molecule has 20 heavy (non-hydrogen) atoms. The number of aromatic nitrogens is 4. The lowest BCUT2D eigenvalue weighted by atomic mass is 10.2. The van der Waals surface area contributed by atoms with Gasteiger partial charge in [0.2, 0.25) is 0 Å². The van der Waals surface area contributed by atoms with Gasteiger partial charge in [0.25, 0.3) is 0 Å². The summed E-state index contributed by atoms with van der Waals surface area (Å²) >= 11 is 0. The largest absolute Gasteiger partial charge is 0.449 e. The molecule has 0 aliphatic rings. The van der Waals surface area contributed by atoms with Gasteiger partial charge >= 0.3 is 6.08 Å². The van der Waals surface area contributed by atoms with Crippen LogP contribution in [0.1, 0.15) is 50.4 Å². The van der Waals surface area contributed by atoms with Gasteiger partial charge in [0.15, 0.2) is 5.82 Å². The minimum atomic E-state index is 0.258. The number of hydrogen-bond acceptors (Lipinski definition) is 5. The minimum absolute atomic E-state index is 0.258. The predicted octanol–water partition coefficient (Wildman–Crippen LogP) is 2.95. The van der Waals surface area contributed by atoms with Crippen molar-refractivity contribution in [1.82, 2.24) is 19.9 Å². The fraction of sp³-hybridized carbons (Fsp3) is 0.643. The number of ether oxygens (including phenoxy) is 1. The molecule has 0 aromatic carbocycles. The molecule has 0 amide bonds. The van der Waals surface area contributed by atoms with E-state index in [0.29, 0.717) is 12.4 Å². The molecule has 0 radical (unpaired) electrons. The van der Waals surface area contributed by atoms with Gasteiger partial charge in [0.1, 0.15) is 0 Å². The first-order valence-electron chi connectivity index (χ1n) is 7.10. The van der Waals surface area contributed by atoms with Crippen LogP contribution in [-0.2, 0) is 6.54 Å². The lowest BCUT2D eigenvalue weighted by Gasteiger charge is -2.02. The Morgan fingerprint density at radius 1 is 1.30 bits per heavy atom. The van der Waals surface area contributed by atoms with E-state index in [1.54, 1.807) is 0 Å². The first kappa shape index (κ1) is 14.6. The highest BCUT2D eigenvalue weighted by Crippen LogP contribution is 2.14. The lowest BCUT2D eigenvalue weighted by Crippen LogP contribution is -2.01. The highest BCUT2D eigenvalue weighted by molar-refractivity contribution is 4.99. The maximum atomic E-state index is 5.43. The van der Waals surface area contributed by atoms with Gasteiger partial charge < -0.3 is 4.74 Å². The molecule has 0 atom stereocenters. The van der Waals surface area contributed by atoms with Crippen molar-refractivity contribution in [3.05, 3.63) is 23.8 Å². The van der Waals surface area contributed by atoms with Gasteiger partial charge in [-0.3, -0.25) is 9.20 Å². The first-order chi connectivity index (χ1) is 9.65. The first-order valence-corrected chi connectivity index (χ1v) is 7.10. The second kappa shape index (κ2) is 7.07. The number of unbranched alkanes of at least 4 members (excludes halogenated alkanes) is 2. The van der Waals surface area contributed by atoms with E-state index >= 15 is 0 Å². The maximum Gasteiger partial charge on any atom is 0.417 e. The molecular formula is C14H22N4O2. The zero-order valence-corrected chi connectivity index (χ0v) is 12.4. The van der Waals surface area contributed by atoms with E-state index in [0.717, 1.165) is 25.8 Å². The number of nitrogens with zero attached hydrogens (tertiary/aromatic N) is 4. The van der Waals surface area contributed by atoms with Gasteiger partial charge in [-0.05, 0) is 31.7 Å². The third kappa shape index (κ3) is 4.36. The summed E-state index contributed by atoms with van der Waals surface area (Å²) in [4.78, 5) is 4.16. The Labute approximate surface area is 119 Å². The molecule has 0 N–H and O–H groups in total. The van der Waals surface area contributed by atoms with Crippen LogP contribution in [0, 0.1) is 6.92 Å². The molecule has 2 aromatic heterocycles. The molecule has 2 rings (SSSR count). The summed E-state index contributed by atoms with van der Waals surface area (Å²) < 4.78 is 12.4. The summed E-state index contributed by atoms with van der Waals surface area (Å²) in [5, 5.41) is 8.10. The van der Waals surface area contributed by atoms with Gasteiger partial charge in [0, 0.05) is 18.7 Å². The summed E-state index contributed by atoms with van der Waals surface area (Å²) in [5.74, 6) is 0.947. The standard InChI is InChI=1S/C14H22N4O2/c1-11(2)13-16-14(20-17-13)19-8-6-4-5-7-18-10-12(3)9-15-18/h9-11H,4-8H2,1-3H3. The van der Waals surface area contributed by atoms with Crippen LogP contribution in [0.4, 0.5) is 0 Å². The lowest BCUT2D eigenvalue weighted by molar-refractivity contribution is 0.199. The van der Waals surface area contributed by atoms with E-state index in [1.165, 1.54) is 5.56 Å². The summed E-state index contributed by atoms with van der Waals surface area (Å²) in [5.41, 5.74) is 1.20. The Morgan fingerprint density at radius 2 is 2.15 bits per heavy atom. The van der Waals surface area contributed by atoms with Crippen LogP contribution in [0.2, 0.25) is 0 Å². The Balaban J connectivity index is 1.57.